The lowest BCUT2D eigenvalue weighted by Crippen LogP contribution is -2.13. The molecule has 2 N–H and O–H groups in total. The first-order valence-electron chi connectivity index (χ1n) is 8.69. The van der Waals surface area contributed by atoms with Crippen LogP contribution in [0.2, 0.25) is 0 Å². The molecule has 0 bridgehead atoms. The first-order chi connectivity index (χ1) is 13.9. The van der Waals surface area contributed by atoms with Gasteiger partial charge in [0.15, 0.2) is 0 Å². The average Bonchev–Trinajstić information content (AvgIpc) is 2.67. The van der Waals surface area contributed by atoms with Crippen LogP contribution in [0.15, 0.2) is 48.5 Å². The molecule has 0 unspecified atom stereocenters. The topological polar surface area (TPSA) is 119 Å². The van der Waals surface area contributed by atoms with E-state index >= 15 is 0 Å². The van der Waals surface area contributed by atoms with Gasteiger partial charge in [0.05, 0.1) is 18.1 Å². The number of nitro groups is 1. The normalized spacial score (nSPS) is 10.3. The molecule has 1 heterocycles. The highest BCUT2D eigenvalue weighted by Gasteiger charge is 2.18. The van der Waals surface area contributed by atoms with Crippen molar-refractivity contribution in [3.05, 3.63) is 75.6 Å². The molecule has 0 saturated carbocycles. The largest absolute Gasteiger partial charge is 0.496 e. The van der Waals surface area contributed by atoms with Crippen molar-refractivity contribution in [1.82, 2.24) is 9.97 Å². The van der Waals surface area contributed by atoms with Crippen LogP contribution in [-0.2, 0) is 0 Å². The van der Waals surface area contributed by atoms with Crippen molar-refractivity contribution in [2.24, 2.45) is 0 Å². The van der Waals surface area contributed by atoms with Crippen LogP contribution in [-0.4, -0.2) is 27.9 Å². The number of benzene rings is 2. The van der Waals surface area contributed by atoms with E-state index in [-0.39, 0.29) is 11.4 Å². The summed E-state index contributed by atoms with van der Waals surface area (Å²) in [5.41, 5.74) is 2.41. The number of nitro benzene ring substituents is 1. The van der Waals surface area contributed by atoms with Gasteiger partial charge in [0.1, 0.15) is 11.4 Å². The number of hydrogen-bond acceptors (Lipinski definition) is 7. The lowest BCUT2D eigenvalue weighted by molar-refractivity contribution is -0.384. The molecule has 0 aliphatic heterocycles. The van der Waals surface area contributed by atoms with Crippen molar-refractivity contribution in [2.75, 3.05) is 17.7 Å². The Morgan fingerprint density at radius 2 is 1.79 bits per heavy atom. The minimum absolute atomic E-state index is 0.0804. The van der Waals surface area contributed by atoms with Crippen molar-refractivity contribution in [3.8, 4) is 5.75 Å². The standard InChI is InChI=1S/C20H19N5O4/c1-12-9-13(2)22-20(21-12)23-15-6-4-5-14(10-15)19(26)24-17-8-7-16(29-3)11-18(17)25(27)28/h4-11H,1-3H3,(H,24,26)(H,21,22,23). The molecule has 0 aliphatic carbocycles. The second kappa shape index (κ2) is 8.34. The van der Waals surface area contributed by atoms with E-state index in [9.17, 15) is 14.9 Å². The van der Waals surface area contributed by atoms with Gasteiger partial charge in [0, 0.05) is 22.6 Å². The summed E-state index contributed by atoms with van der Waals surface area (Å²) in [5.74, 6) is 0.267. The van der Waals surface area contributed by atoms with Crippen molar-refractivity contribution < 1.29 is 14.5 Å². The quantitative estimate of drug-likeness (QED) is 0.480. The number of methoxy groups -OCH3 is 1. The summed E-state index contributed by atoms with van der Waals surface area (Å²) in [7, 11) is 1.41. The Labute approximate surface area is 166 Å². The van der Waals surface area contributed by atoms with Gasteiger partial charge in [-0.1, -0.05) is 6.07 Å². The Morgan fingerprint density at radius 3 is 2.45 bits per heavy atom. The molecule has 1 aromatic heterocycles. The molecule has 9 nitrogen and oxygen atoms in total. The van der Waals surface area contributed by atoms with Gasteiger partial charge in [0.2, 0.25) is 5.95 Å². The van der Waals surface area contributed by atoms with Crippen molar-refractivity contribution >= 4 is 28.9 Å². The van der Waals surface area contributed by atoms with Gasteiger partial charge in [-0.05, 0) is 50.2 Å². The molecule has 2 aromatic carbocycles. The van der Waals surface area contributed by atoms with E-state index < -0.39 is 10.8 Å². The van der Waals surface area contributed by atoms with E-state index in [0.717, 1.165) is 11.4 Å². The van der Waals surface area contributed by atoms with Crippen molar-refractivity contribution in [3.63, 3.8) is 0 Å². The molecular formula is C20H19N5O4. The van der Waals surface area contributed by atoms with Gasteiger partial charge in [-0.15, -0.1) is 0 Å². The molecule has 0 aliphatic rings. The van der Waals surface area contributed by atoms with Crippen LogP contribution in [0.5, 0.6) is 5.75 Å². The van der Waals surface area contributed by atoms with Crippen LogP contribution in [0.1, 0.15) is 21.7 Å². The third-order valence-electron chi connectivity index (χ3n) is 4.01. The third kappa shape index (κ3) is 4.83. The van der Waals surface area contributed by atoms with Crippen LogP contribution in [0.25, 0.3) is 0 Å². The SMILES string of the molecule is COc1ccc(NC(=O)c2cccc(Nc3nc(C)cc(C)n3)c2)c([N+](=O)[O-])c1. The molecule has 0 saturated heterocycles. The number of aryl methyl sites for hydroxylation is 2. The van der Waals surface area contributed by atoms with Gasteiger partial charge in [-0.2, -0.15) is 0 Å². The number of nitrogens with one attached hydrogen (secondary N) is 2. The fraction of sp³-hybridized carbons (Fsp3) is 0.150. The van der Waals surface area contributed by atoms with Crippen LogP contribution in [0.4, 0.5) is 23.0 Å². The molecule has 3 aromatic rings. The van der Waals surface area contributed by atoms with Crippen molar-refractivity contribution in [1.29, 1.82) is 0 Å². The van der Waals surface area contributed by atoms with E-state index in [1.807, 2.05) is 19.9 Å². The molecule has 3 rings (SSSR count). The Kier molecular flexibility index (Phi) is 5.68. The Bertz CT molecular complexity index is 1060. The third-order valence-corrected chi connectivity index (χ3v) is 4.01. The second-order valence-electron chi connectivity index (χ2n) is 6.27. The van der Waals surface area contributed by atoms with E-state index in [0.29, 0.717) is 22.9 Å². The molecule has 9 heteroatoms. The van der Waals surface area contributed by atoms with Gasteiger partial charge < -0.3 is 15.4 Å². The maximum Gasteiger partial charge on any atom is 0.296 e. The molecular weight excluding hydrogens is 374 g/mol. The number of ether oxygens (including phenoxy) is 1. The van der Waals surface area contributed by atoms with E-state index in [2.05, 4.69) is 20.6 Å². The zero-order valence-corrected chi connectivity index (χ0v) is 16.1. The van der Waals surface area contributed by atoms with Crippen LogP contribution < -0.4 is 15.4 Å². The van der Waals surface area contributed by atoms with Crippen LogP contribution >= 0.6 is 0 Å². The minimum Gasteiger partial charge on any atom is -0.496 e. The monoisotopic (exact) mass is 393 g/mol. The summed E-state index contributed by atoms with van der Waals surface area (Å²) in [6, 6.07) is 12.8. The Balaban J connectivity index is 1.82. The number of nitrogens with zero attached hydrogens (tertiary/aromatic N) is 3. The van der Waals surface area contributed by atoms with Gasteiger partial charge >= 0.3 is 0 Å². The number of carbonyl (C=O) groups is 1. The zero-order chi connectivity index (χ0) is 21.0. The lowest BCUT2D eigenvalue weighted by Gasteiger charge is -2.10. The predicted molar refractivity (Wildman–Crippen MR) is 109 cm³/mol. The molecule has 148 valence electrons. The minimum atomic E-state index is -0.576. The molecule has 0 spiro atoms. The number of anilines is 3. The van der Waals surface area contributed by atoms with Crippen LogP contribution in [0.3, 0.4) is 0 Å². The van der Waals surface area contributed by atoms with Gasteiger partial charge in [-0.3, -0.25) is 14.9 Å². The molecule has 1 amide bonds. The number of hydrogen-bond donors (Lipinski definition) is 2. The first kappa shape index (κ1) is 19.7. The summed E-state index contributed by atoms with van der Waals surface area (Å²) in [4.78, 5) is 32.0. The summed E-state index contributed by atoms with van der Waals surface area (Å²) in [6.45, 7) is 3.73. The predicted octanol–water partition coefficient (Wildman–Crippen LogP) is 4.01. The fourth-order valence-electron chi connectivity index (χ4n) is 2.74. The van der Waals surface area contributed by atoms with Gasteiger partial charge in [0.25, 0.3) is 11.6 Å². The maximum absolute atomic E-state index is 12.6. The zero-order valence-electron chi connectivity index (χ0n) is 16.1. The first-order valence-corrected chi connectivity index (χ1v) is 8.69. The molecule has 0 radical (unpaired) electrons. The second-order valence-corrected chi connectivity index (χ2v) is 6.27. The van der Waals surface area contributed by atoms with E-state index in [1.54, 1.807) is 24.3 Å². The van der Waals surface area contributed by atoms with Gasteiger partial charge in [-0.25, -0.2) is 9.97 Å². The van der Waals surface area contributed by atoms with E-state index in [1.165, 1.54) is 25.3 Å². The lowest BCUT2D eigenvalue weighted by atomic mass is 10.1. The summed E-state index contributed by atoms with van der Waals surface area (Å²) in [6.07, 6.45) is 0. The summed E-state index contributed by atoms with van der Waals surface area (Å²) >= 11 is 0. The van der Waals surface area contributed by atoms with E-state index in [4.69, 9.17) is 4.74 Å². The Morgan fingerprint density at radius 1 is 1.07 bits per heavy atom. The molecule has 0 fully saturated rings. The number of amides is 1. The summed E-state index contributed by atoms with van der Waals surface area (Å²) < 4.78 is 5.00. The molecule has 29 heavy (non-hydrogen) atoms. The highest BCUT2D eigenvalue weighted by Crippen LogP contribution is 2.29. The highest BCUT2D eigenvalue weighted by molar-refractivity contribution is 6.06. The molecule has 0 atom stereocenters. The summed E-state index contributed by atoms with van der Waals surface area (Å²) in [5, 5.41) is 16.9. The highest BCUT2D eigenvalue weighted by atomic mass is 16.6. The smallest absolute Gasteiger partial charge is 0.296 e. The number of aromatic nitrogens is 2. The maximum atomic E-state index is 12.6. The number of rotatable bonds is 6. The Hall–Kier alpha value is -4.01. The van der Waals surface area contributed by atoms with Crippen molar-refractivity contribution in [2.45, 2.75) is 13.8 Å². The average molecular weight is 393 g/mol. The van der Waals surface area contributed by atoms with Crippen LogP contribution in [0, 0.1) is 24.0 Å². The fourth-order valence-corrected chi connectivity index (χ4v) is 2.74. The number of carbonyl (C=O) groups excluding carboxylic acids is 1.